The van der Waals surface area contributed by atoms with E-state index in [1.807, 2.05) is 50.6 Å². The highest BCUT2D eigenvalue weighted by atomic mass is 32.2. The molecule has 216 valence electrons. The summed E-state index contributed by atoms with van der Waals surface area (Å²) in [7, 11) is 0. The van der Waals surface area contributed by atoms with Crippen LogP contribution in [0, 0.1) is 5.92 Å². The van der Waals surface area contributed by atoms with Gasteiger partial charge in [0.15, 0.2) is 0 Å². The Hall–Kier alpha value is -2.70. The van der Waals surface area contributed by atoms with Gasteiger partial charge in [-0.15, -0.1) is 0 Å². The number of para-hydroxylation sites is 1. The summed E-state index contributed by atoms with van der Waals surface area (Å²) in [4.78, 5) is 54.5. The van der Waals surface area contributed by atoms with Crippen molar-refractivity contribution in [2.75, 3.05) is 24.0 Å². The number of hydrogen-bond donors (Lipinski definition) is 6. The van der Waals surface area contributed by atoms with Crippen molar-refractivity contribution in [3.8, 4) is 0 Å². The van der Waals surface area contributed by atoms with Gasteiger partial charge >= 0.3 is 5.97 Å². The van der Waals surface area contributed by atoms with Gasteiger partial charge in [-0.3, -0.25) is 14.4 Å². The Kier molecular flexibility index (Phi) is 13.7. The number of aromatic amines is 1. The molecule has 0 aliphatic carbocycles. The van der Waals surface area contributed by atoms with Crippen molar-refractivity contribution in [1.29, 1.82) is 0 Å². The molecule has 2 rings (SSSR count). The van der Waals surface area contributed by atoms with Crippen LogP contribution in [0.4, 0.5) is 0 Å². The molecule has 0 saturated heterocycles. The van der Waals surface area contributed by atoms with Crippen LogP contribution in [0.1, 0.15) is 38.7 Å². The summed E-state index contributed by atoms with van der Waals surface area (Å²) in [6.45, 7) is 3.75. The maximum absolute atomic E-state index is 13.3. The third-order valence-electron chi connectivity index (χ3n) is 6.72. The molecule has 10 nitrogen and oxygen atoms in total. The van der Waals surface area contributed by atoms with Gasteiger partial charge in [0.25, 0.3) is 0 Å². The van der Waals surface area contributed by atoms with Gasteiger partial charge in [0.05, 0.1) is 6.04 Å². The molecular formula is C27H41N5O5S2. The molecule has 39 heavy (non-hydrogen) atoms. The van der Waals surface area contributed by atoms with E-state index in [0.717, 1.165) is 22.2 Å². The topological polar surface area (TPSA) is 166 Å². The molecule has 2 aromatic rings. The lowest BCUT2D eigenvalue weighted by molar-refractivity contribution is -0.142. The lowest BCUT2D eigenvalue weighted by Gasteiger charge is -2.28. The second-order valence-electron chi connectivity index (χ2n) is 9.57. The summed E-state index contributed by atoms with van der Waals surface area (Å²) in [6, 6.07) is 3.74. The molecule has 0 fully saturated rings. The average molecular weight is 580 g/mol. The molecule has 1 aromatic carbocycles. The van der Waals surface area contributed by atoms with Gasteiger partial charge in [-0.1, -0.05) is 38.5 Å². The Balaban J connectivity index is 2.16. The molecular weight excluding hydrogens is 538 g/mol. The summed E-state index contributed by atoms with van der Waals surface area (Å²) >= 11 is 3.09. The SMILES string of the molecule is CCC(C)C(NC(=O)C(N)CCSC)C(=O)NC(CCSC)C(=O)NC(Cc1c[nH]c2ccccc12)C(=O)O. The van der Waals surface area contributed by atoms with Crippen LogP contribution < -0.4 is 21.7 Å². The first kappa shape index (κ1) is 32.5. The molecule has 1 aromatic heterocycles. The number of amides is 3. The van der Waals surface area contributed by atoms with Crippen LogP contribution in [0.5, 0.6) is 0 Å². The first-order valence-electron chi connectivity index (χ1n) is 13.0. The number of aromatic nitrogens is 1. The maximum Gasteiger partial charge on any atom is 0.326 e. The fourth-order valence-electron chi connectivity index (χ4n) is 4.10. The van der Waals surface area contributed by atoms with Gasteiger partial charge in [0, 0.05) is 23.5 Å². The molecule has 1 heterocycles. The Morgan fingerprint density at radius 3 is 2.23 bits per heavy atom. The summed E-state index contributed by atoms with van der Waals surface area (Å²) in [6.07, 6.45) is 7.02. The summed E-state index contributed by atoms with van der Waals surface area (Å²) < 4.78 is 0. The van der Waals surface area contributed by atoms with E-state index in [0.29, 0.717) is 25.0 Å². The number of hydrogen-bond acceptors (Lipinski definition) is 7. The number of carboxylic acids is 1. The summed E-state index contributed by atoms with van der Waals surface area (Å²) in [5.41, 5.74) is 7.64. The van der Waals surface area contributed by atoms with Crippen molar-refractivity contribution in [3.63, 3.8) is 0 Å². The number of thioether (sulfide) groups is 2. The van der Waals surface area contributed by atoms with Crippen LogP contribution in [0.3, 0.4) is 0 Å². The summed E-state index contributed by atoms with van der Waals surface area (Å²) in [5.74, 6) is -1.60. The fraction of sp³-hybridized carbons (Fsp3) is 0.556. The molecule has 0 radical (unpaired) electrons. The van der Waals surface area contributed by atoms with Crippen molar-refractivity contribution < 1.29 is 24.3 Å². The minimum Gasteiger partial charge on any atom is -0.480 e. The highest BCUT2D eigenvalue weighted by Crippen LogP contribution is 2.19. The number of fused-ring (bicyclic) bond motifs is 1. The molecule has 0 saturated carbocycles. The van der Waals surface area contributed by atoms with Crippen molar-refractivity contribution in [1.82, 2.24) is 20.9 Å². The van der Waals surface area contributed by atoms with E-state index in [1.165, 1.54) is 11.8 Å². The lowest BCUT2D eigenvalue weighted by atomic mass is 9.97. The Bertz CT molecular complexity index is 1110. The minimum absolute atomic E-state index is 0.0771. The van der Waals surface area contributed by atoms with Crippen LogP contribution in [0.2, 0.25) is 0 Å². The first-order chi connectivity index (χ1) is 18.6. The fourth-order valence-corrected chi connectivity index (χ4v) is 5.06. The lowest BCUT2D eigenvalue weighted by Crippen LogP contribution is -2.58. The Labute approximate surface area is 238 Å². The molecule has 0 aliphatic rings. The van der Waals surface area contributed by atoms with E-state index in [-0.39, 0.29) is 12.3 Å². The number of H-pyrrole nitrogens is 1. The van der Waals surface area contributed by atoms with E-state index in [4.69, 9.17) is 5.73 Å². The summed E-state index contributed by atoms with van der Waals surface area (Å²) in [5, 5.41) is 18.9. The van der Waals surface area contributed by atoms with E-state index < -0.39 is 47.9 Å². The van der Waals surface area contributed by atoms with Crippen molar-refractivity contribution >= 4 is 58.1 Å². The van der Waals surface area contributed by atoms with Gasteiger partial charge in [-0.05, 0) is 54.4 Å². The first-order valence-corrected chi connectivity index (χ1v) is 15.8. The molecule has 5 atom stereocenters. The third kappa shape index (κ3) is 9.77. The zero-order valence-corrected chi connectivity index (χ0v) is 24.6. The van der Waals surface area contributed by atoms with Crippen molar-refractivity contribution in [2.24, 2.45) is 11.7 Å². The number of nitrogens with two attached hydrogens (primary N) is 1. The second-order valence-corrected chi connectivity index (χ2v) is 11.5. The Morgan fingerprint density at radius 2 is 1.59 bits per heavy atom. The molecule has 5 unspecified atom stereocenters. The number of rotatable bonds is 17. The number of nitrogens with one attached hydrogen (secondary N) is 4. The number of carbonyl (C=O) groups is 4. The monoisotopic (exact) mass is 579 g/mol. The third-order valence-corrected chi connectivity index (χ3v) is 8.01. The van der Waals surface area contributed by atoms with Gasteiger partial charge in [-0.2, -0.15) is 23.5 Å². The largest absolute Gasteiger partial charge is 0.480 e. The van der Waals surface area contributed by atoms with Crippen LogP contribution in [-0.2, 0) is 25.6 Å². The van der Waals surface area contributed by atoms with Crippen LogP contribution >= 0.6 is 23.5 Å². The standard InChI is InChI=1S/C27H41N5O5S2/c1-5-16(2)23(32-24(33)19(28)10-12-38-3)26(35)30-21(11-13-39-4)25(34)31-22(27(36)37)14-17-15-29-20-9-7-6-8-18(17)20/h6-9,15-16,19,21-23,29H,5,10-14,28H2,1-4H3,(H,30,35)(H,31,34)(H,32,33)(H,36,37). The molecule has 3 amide bonds. The predicted octanol–water partition coefficient (Wildman–Crippen LogP) is 2.13. The molecule has 0 aliphatic heterocycles. The van der Waals surface area contributed by atoms with Gasteiger partial charge < -0.3 is 31.8 Å². The number of benzene rings is 1. The molecule has 0 spiro atoms. The van der Waals surface area contributed by atoms with E-state index >= 15 is 0 Å². The maximum atomic E-state index is 13.3. The average Bonchev–Trinajstić information content (AvgIpc) is 3.33. The normalized spacial score (nSPS) is 15.1. The minimum atomic E-state index is -1.19. The second kappa shape index (κ2) is 16.4. The van der Waals surface area contributed by atoms with Gasteiger partial charge in [-0.25, -0.2) is 4.79 Å². The zero-order chi connectivity index (χ0) is 28.9. The smallest absolute Gasteiger partial charge is 0.326 e. The van der Waals surface area contributed by atoms with E-state index in [9.17, 15) is 24.3 Å². The van der Waals surface area contributed by atoms with Crippen molar-refractivity contribution in [3.05, 3.63) is 36.0 Å². The number of carboxylic acid groups (broad SMARTS) is 1. The van der Waals surface area contributed by atoms with Gasteiger partial charge in [0.2, 0.25) is 17.7 Å². The van der Waals surface area contributed by atoms with Crippen molar-refractivity contribution in [2.45, 2.75) is 63.7 Å². The molecule has 12 heteroatoms. The highest BCUT2D eigenvalue weighted by molar-refractivity contribution is 7.98. The predicted molar refractivity (Wildman–Crippen MR) is 159 cm³/mol. The van der Waals surface area contributed by atoms with Crippen LogP contribution in [-0.4, -0.2) is 82.0 Å². The number of aliphatic carboxylic acids is 1. The molecule has 7 N–H and O–H groups in total. The van der Waals surface area contributed by atoms with E-state index in [2.05, 4.69) is 20.9 Å². The Morgan fingerprint density at radius 1 is 0.949 bits per heavy atom. The molecule has 0 bridgehead atoms. The van der Waals surface area contributed by atoms with Crippen LogP contribution in [0.25, 0.3) is 10.9 Å². The zero-order valence-electron chi connectivity index (χ0n) is 23.0. The quantitative estimate of drug-likeness (QED) is 0.166. The highest BCUT2D eigenvalue weighted by Gasteiger charge is 2.32. The number of carbonyl (C=O) groups excluding carboxylic acids is 3. The van der Waals surface area contributed by atoms with Gasteiger partial charge in [0.1, 0.15) is 18.1 Å². The van der Waals surface area contributed by atoms with Crippen LogP contribution in [0.15, 0.2) is 30.5 Å². The van der Waals surface area contributed by atoms with E-state index in [1.54, 1.807) is 18.0 Å².